The van der Waals surface area contributed by atoms with Crippen LogP contribution in [0, 0.1) is 5.41 Å². The van der Waals surface area contributed by atoms with Crippen molar-refractivity contribution in [2.24, 2.45) is 5.41 Å². The van der Waals surface area contributed by atoms with Gasteiger partial charge in [-0.1, -0.05) is 30.2 Å². The maximum Gasteiger partial charge on any atom is 0.314 e. The second-order valence-corrected chi connectivity index (χ2v) is 8.43. The Bertz CT molecular complexity index is 939. The molecule has 150 valence electrons. The minimum atomic E-state index is -0.844. The zero-order chi connectivity index (χ0) is 20.4. The van der Waals surface area contributed by atoms with Crippen molar-refractivity contribution < 1.29 is 14.3 Å². The van der Waals surface area contributed by atoms with Crippen molar-refractivity contribution >= 4 is 22.8 Å². The van der Waals surface area contributed by atoms with E-state index < -0.39 is 11.4 Å². The smallest absolute Gasteiger partial charge is 0.314 e. The first-order valence-corrected chi connectivity index (χ1v) is 9.51. The first-order chi connectivity index (χ1) is 13.2. The zero-order valence-corrected chi connectivity index (χ0v) is 16.5. The highest BCUT2D eigenvalue weighted by molar-refractivity contribution is 5.86. The van der Waals surface area contributed by atoms with Crippen LogP contribution in [0.5, 0.6) is 0 Å². The molecule has 28 heavy (non-hydrogen) atoms. The predicted molar refractivity (Wildman–Crippen MR) is 103 cm³/mol. The summed E-state index contributed by atoms with van der Waals surface area (Å²) in [5, 5.41) is 11.1. The molecule has 0 spiro atoms. The molecule has 1 aromatic carbocycles. The third-order valence-electron chi connectivity index (χ3n) is 4.95. The summed E-state index contributed by atoms with van der Waals surface area (Å²) in [4.78, 5) is 37.7. The lowest BCUT2D eigenvalue weighted by Crippen LogP contribution is -2.44. The molecule has 0 atom stereocenters. The van der Waals surface area contributed by atoms with Crippen LogP contribution in [0.2, 0.25) is 0 Å². The van der Waals surface area contributed by atoms with E-state index >= 15 is 0 Å². The summed E-state index contributed by atoms with van der Waals surface area (Å²) in [7, 11) is 0. The molecule has 1 aliphatic rings. The summed E-state index contributed by atoms with van der Waals surface area (Å²) in [5.41, 5.74) is -1.09. The number of hydrogen-bond acceptors (Lipinski definition) is 6. The first kappa shape index (κ1) is 20.0. The van der Waals surface area contributed by atoms with Gasteiger partial charge in [-0.15, -0.1) is 5.10 Å². The number of esters is 1. The number of nitrogens with one attached hydrogen (secondary N) is 1. The van der Waals surface area contributed by atoms with E-state index in [4.69, 9.17) is 4.74 Å². The van der Waals surface area contributed by atoms with Crippen molar-refractivity contribution in [2.45, 2.75) is 65.1 Å². The van der Waals surface area contributed by atoms with E-state index in [1.165, 1.54) is 0 Å². The average Bonchev–Trinajstić information content (AvgIpc) is 3.09. The number of carbonyl (C=O) groups is 2. The van der Waals surface area contributed by atoms with E-state index in [1.807, 2.05) is 20.8 Å². The SMILES string of the molecule is CC(C)(C)NC(=O)CC1(C(=O)OCn2nnc3ccccc3c2=O)CCCC1. The van der Waals surface area contributed by atoms with E-state index in [-0.39, 0.29) is 30.2 Å². The second-order valence-electron chi connectivity index (χ2n) is 8.43. The van der Waals surface area contributed by atoms with E-state index in [1.54, 1.807) is 24.3 Å². The van der Waals surface area contributed by atoms with Gasteiger partial charge in [-0.25, -0.2) is 0 Å². The van der Waals surface area contributed by atoms with Gasteiger partial charge < -0.3 is 10.1 Å². The van der Waals surface area contributed by atoms with Crippen LogP contribution >= 0.6 is 0 Å². The largest absolute Gasteiger partial charge is 0.442 e. The Hall–Kier alpha value is -2.77. The number of ether oxygens (including phenoxy) is 1. The fourth-order valence-electron chi connectivity index (χ4n) is 3.66. The molecular formula is C20H26N4O4. The molecule has 1 amide bonds. The highest BCUT2D eigenvalue weighted by atomic mass is 16.5. The number of fused-ring (bicyclic) bond motifs is 1. The minimum Gasteiger partial charge on any atom is -0.442 e. The maximum atomic E-state index is 12.9. The van der Waals surface area contributed by atoms with Gasteiger partial charge in [0.15, 0.2) is 6.73 Å². The Morgan fingerprint density at radius 3 is 2.57 bits per heavy atom. The monoisotopic (exact) mass is 386 g/mol. The lowest BCUT2D eigenvalue weighted by atomic mass is 9.82. The average molecular weight is 386 g/mol. The summed E-state index contributed by atoms with van der Waals surface area (Å²) in [5.74, 6) is -0.634. The number of benzene rings is 1. The second kappa shape index (κ2) is 7.69. The summed E-state index contributed by atoms with van der Waals surface area (Å²) < 4.78 is 6.44. The fraction of sp³-hybridized carbons (Fsp3) is 0.550. The minimum absolute atomic E-state index is 0.0847. The van der Waals surface area contributed by atoms with Crippen molar-refractivity contribution in [3.8, 4) is 0 Å². The maximum absolute atomic E-state index is 12.9. The number of carbonyl (C=O) groups excluding carboxylic acids is 2. The third-order valence-corrected chi connectivity index (χ3v) is 4.95. The molecule has 8 heteroatoms. The van der Waals surface area contributed by atoms with E-state index in [2.05, 4.69) is 15.6 Å². The molecule has 1 saturated carbocycles. The summed E-state index contributed by atoms with van der Waals surface area (Å²) in [6.45, 7) is 5.37. The molecule has 1 N–H and O–H groups in total. The Morgan fingerprint density at radius 1 is 1.21 bits per heavy atom. The molecule has 1 heterocycles. The van der Waals surface area contributed by atoms with Crippen molar-refractivity contribution in [3.63, 3.8) is 0 Å². The molecule has 0 aliphatic heterocycles. The highest BCUT2D eigenvalue weighted by Crippen LogP contribution is 2.42. The topological polar surface area (TPSA) is 103 Å². The van der Waals surface area contributed by atoms with Crippen LogP contribution < -0.4 is 10.9 Å². The number of nitrogens with zero attached hydrogens (tertiary/aromatic N) is 3. The van der Waals surface area contributed by atoms with E-state index in [9.17, 15) is 14.4 Å². The van der Waals surface area contributed by atoms with Crippen LogP contribution in [-0.4, -0.2) is 32.4 Å². The van der Waals surface area contributed by atoms with Crippen LogP contribution in [0.3, 0.4) is 0 Å². The van der Waals surface area contributed by atoms with Crippen molar-refractivity contribution in [3.05, 3.63) is 34.6 Å². The lowest BCUT2D eigenvalue weighted by Gasteiger charge is -2.28. The van der Waals surface area contributed by atoms with Gasteiger partial charge in [0, 0.05) is 12.0 Å². The number of amides is 1. The zero-order valence-electron chi connectivity index (χ0n) is 16.5. The molecule has 1 fully saturated rings. The molecule has 1 aromatic heterocycles. The van der Waals surface area contributed by atoms with Gasteiger partial charge >= 0.3 is 5.97 Å². The van der Waals surface area contributed by atoms with E-state index in [0.29, 0.717) is 23.7 Å². The van der Waals surface area contributed by atoms with Crippen LogP contribution in [0.15, 0.2) is 29.1 Å². The molecule has 0 saturated heterocycles. The van der Waals surface area contributed by atoms with Crippen molar-refractivity contribution in [1.82, 2.24) is 20.3 Å². The Morgan fingerprint density at radius 2 is 1.89 bits per heavy atom. The molecule has 3 rings (SSSR count). The van der Waals surface area contributed by atoms with E-state index in [0.717, 1.165) is 17.5 Å². The number of hydrogen-bond donors (Lipinski definition) is 1. The summed E-state index contributed by atoms with van der Waals surface area (Å²) in [6.07, 6.45) is 3.02. The van der Waals surface area contributed by atoms with Crippen molar-refractivity contribution in [2.75, 3.05) is 0 Å². The third kappa shape index (κ3) is 4.37. The van der Waals surface area contributed by atoms with Gasteiger partial charge in [0.2, 0.25) is 5.91 Å². The van der Waals surface area contributed by atoms with Crippen LogP contribution in [0.1, 0.15) is 52.9 Å². The number of rotatable bonds is 5. The highest BCUT2D eigenvalue weighted by Gasteiger charge is 2.44. The molecule has 8 nitrogen and oxygen atoms in total. The van der Waals surface area contributed by atoms with Gasteiger partial charge in [0.05, 0.1) is 10.8 Å². The quantitative estimate of drug-likeness (QED) is 0.790. The summed E-state index contributed by atoms with van der Waals surface area (Å²) in [6, 6.07) is 6.86. The van der Waals surface area contributed by atoms with Gasteiger partial charge in [-0.3, -0.25) is 14.4 Å². The van der Waals surface area contributed by atoms with Gasteiger partial charge in [0.1, 0.15) is 5.52 Å². The lowest BCUT2D eigenvalue weighted by molar-refractivity contribution is -0.162. The summed E-state index contributed by atoms with van der Waals surface area (Å²) >= 11 is 0. The molecule has 1 aliphatic carbocycles. The normalized spacial score (nSPS) is 16.1. The van der Waals surface area contributed by atoms with Crippen LogP contribution in [0.4, 0.5) is 0 Å². The molecule has 0 radical (unpaired) electrons. The van der Waals surface area contributed by atoms with Gasteiger partial charge in [-0.05, 0) is 45.7 Å². The predicted octanol–water partition coefficient (Wildman–Crippen LogP) is 2.16. The van der Waals surface area contributed by atoms with Gasteiger partial charge in [0.25, 0.3) is 5.56 Å². The molecule has 0 bridgehead atoms. The van der Waals surface area contributed by atoms with Crippen LogP contribution in [-0.2, 0) is 21.1 Å². The number of aromatic nitrogens is 3. The fourth-order valence-corrected chi connectivity index (χ4v) is 3.66. The molecular weight excluding hydrogens is 360 g/mol. The van der Waals surface area contributed by atoms with Crippen molar-refractivity contribution in [1.29, 1.82) is 0 Å². The van der Waals surface area contributed by atoms with Crippen LogP contribution in [0.25, 0.3) is 10.9 Å². The first-order valence-electron chi connectivity index (χ1n) is 9.51. The molecule has 2 aromatic rings. The van der Waals surface area contributed by atoms with Gasteiger partial charge in [-0.2, -0.15) is 4.68 Å². The molecule has 0 unspecified atom stereocenters. The Kier molecular flexibility index (Phi) is 5.49. The Labute approximate surface area is 163 Å². The standard InChI is InChI=1S/C20H26N4O4/c1-19(2,3)21-16(25)12-20(10-6-7-11-20)18(27)28-13-24-17(26)14-8-4-5-9-15(14)22-23-24/h4-5,8-9H,6-7,10-13H2,1-3H3,(H,21,25). The Balaban J connectivity index is 1.72.